The molecule has 1 N–H and O–H groups in total. The second-order valence-electron chi connectivity index (χ2n) is 1.76. The molecule has 3 heteroatoms. The van der Waals surface area contributed by atoms with Gasteiger partial charge < -0.3 is 4.89 Å². The van der Waals surface area contributed by atoms with E-state index in [0.29, 0.717) is 0 Å². The molecule has 0 saturated heterocycles. The van der Waals surface area contributed by atoms with Crippen LogP contribution in [0.1, 0.15) is 26.7 Å². The quantitative estimate of drug-likeness (QED) is 0.606. The summed E-state index contributed by atoms with van der Waals surface area (Å²) >= 11 is 4.65. The molecule has 0 aromatic carbocycles. The van der Waals surface area contributed by atoms with E-state index in [-0.39, 0.29) is 0 Å². The van der Waals surface area contributed by atoms with Crippen molar-refractivity contribution in [2.24, 2.45) is 0 Å². The van der Waals surface area contributed by atoms with E-state index in [0.717, 1.165) is 18.1 Å². The molecule has 0 rings (SSSR count). The molecular weight excluding hydrogens is 139 g/mol. The monoisotopic (exact) mass is 150 g/mol. The third-order valence-corrected chi connectivity index (χ3v) is 2.75. The van der Waals surface area contributed by atoms with Crippen LogP contribution in [0.25, 0.3) is 0 Å². The molecule has 0 bridgehead atoms. The Morgan fingerprint density at radius 1 is 1.75 bits per heavy atom. The van der Waals surface area contributed by atoms with Gasteiger partial charge in [0.1, 0.15) is 0 Å². The van der Waals surface area contributed by atoms with Crippen LogP contribution in [0.2, 0.25) is 0 Å². The lowest BCUT2D eigenvalue weighted by atomic mass is 10.3. The molecule has 0 heterocycles. The van der Waals surface area contributed by atoms with Crippen molar-refractivity contribution in [2.75, 3.05) is 0 Å². The first-order valence-corrected chi connectivity index (χ1v) is 4.97. The van der Waals surface area contributed by atoms with E-state index in [2.05, 4.69) is 18.7 Å². The predicted molar refractivity (Wildman–Crippen MR) is 42.1 cm³/mol. The van der Waals surface area contributed by atoms with E-state index >= 15 is 0 Å². The minimum atomic E-state index is -1.17. The highest BCUT2D eigenvalue weighted by atomic mass is 32.4. The maximum absolute atomic E-state index is 8.79. The van der Waals surface area contributed by atoms with E-state index in [1.54, 1.807) is 0 Å². The summed E-state index contributed by atoms with van der Waals surface area (Å²) in [5.41, 5.74) is 0. The lowest BCUT2D eigenvalue weighted by Gasteiger charge is -1.91. The first-order valence-electron chi connectivity index (χ1n) is 2.67. The average Bonchev–Trinajstić information content (AvgIpc) is 1.67. The summed E-state index contributed by atoms with van der Waals surface area (Å²) in [6, 6.07) is 0. The number of hydrogen-bond donors (Lipinski definition) is 1. The van der Waals surface area contributed by atoms with Crippen molar-refractivity contribution in [2.45, 2.75) is 26.7 Å². The highest BCUT2D eigenvalue weighted by Gasteiger charge is 1.86. The van der Waals surface area contributed by atoms with Gasteiger partial charge in [-0.15, -0.1) is 0 Å². The molecular formula is C5H11OPS. The third kappa shape index (κ3) is 3.36. The fourth-order valence-electron chi connectivity index (χ4n) is 0.457. The van der Waals surface area contributed by atoms with Gasteiger partial charge in [-0.25, -0.2) is 0 Å². The Morgan fingerprint density at radius 2 is 2.25 bits per heavy atom. The lowest BCUT2D eigenvalue weighted by molar-refractivity contribution is 0.658. The summed E-state index contributed by atoms with van der Waals surface area (Å²) in [6.45, 7) is 2.83. The second kappa shape index (κ2) is 4.25. The summed E-state index contributed by atoms with van der Waals surface area (Å²) in [7, 11) is 0. The highest BCUT2D eigenvalue weighted by molar-refractivity contribution is 8.02. The Bertz CT molecular complexity index is 135. The van der Waals surface area contributed by atoms with E-state index < -0.39 is 6.55 Å². The van der Waals surface area contributed by atoms with Crippen molar-refractivity contribution in [1.29, 1.82) is 0 Å². The molecule has 0 fully saturated rings. The van der Waals surface area contributed by atoms with Crippen LogP contribution in [0.3, 0.4) is 0 Å². The van der Waals surface area contributed by atoms with Gasteiger partial charge in [0, 0.05) is 0 Å². The van der Waals surface area contributed by atoms with Crippen molar-refractivity contribution < 1.29 is 4.89 Å². The molecule has 0 amide bonds. The van der Waals surface area contributed by atoms with Crippen molar-refractivity contribution in [1.82, 2.24) is 0 Å². The Labute approximate surface area is 55.9 Å². The molecule has 1 nitrogen and oxygen atoms in total. The van der Waals surface area contributed by atoms with Gasteiger partial charge in [-0.3, -0.25) is 0 Å². The highest BCUT2D eigenvalue weighted by Crippen LogP contribution is 2.06. The van der Waals surface area contributed by atoms with Gasteiger partial charge in [0.25, 0.3) is 0 Å². The summed E-state index contributed by atoms with van der Waals surface area (Å²) < 4.78 is 0. The first-order chi connectivity index (χ1) is 3.68. The molecule has 1 unspecified atom stereocenters. The van der Waals surface area contributed by atoms with Crippen molar-refractivity contribution in [3.63, 3.8) is 0 Å². The van der Waals surface area contributed by atoms with Crippen LogP contribution in [0.4, 0.5) is 0 Å². The molecule has 0 spiro atoms. The van der Waals surface area contributed by atoms with Crippen molar-refractivity contribution >= 4 is 23.6 Å². The molecule has 0 aromatic rings. The van der Waals surface area contributed by atoms with E-state index in [4.69, 9.17) is 4.89 Å². The van der Waals surface area contributed by atoms with Crippen LogP contribution in [0.15, 0.2) is 0 Å². The Kier molecular flexibility index (Phi) is 4.44. The largest absolute Gasteiger partial charge is 0.338 e. The zero-order valence-electron chi connectivity index (χ0n) is 5.22. The summed E-state index contributed by atoms with van der Waals surface area (Å²) in [4.78, 5) is 8.79. The number of rotatable bonds is 2. The fourth-order valence-corrected chi connectivity index (χ4v) is 1.15. The van der Waals surface area contributed by atoms with Gasteiger partial charge in [0.15, 0.2) is 0 Å². The van der Waals surface area contributed by atoms with Gasteiger partial charge in [0.2, 0.25) is 0 Å². The Hall–Kier alpha value is 0.350. The predicted octanol–water partition coefficient (Wildman–Crippen LogP) is 1.83. The first kappa shape index (κ1) is 8.35. The molecule has 0 aromatic heterocycles. The fraction of sp³-hybridized carbons (Fsp3) is 0.800. The van der Waals surface area contributed by atoms with E-state index in [9.17, 15) is 0 Å². The number of hydrogen-bond acceptors (Lipinski definition) is 1. The van der Waals surface area contributed by atoms with Gasteiger partial charge >= 0.3 is 0 Å². The maximum atomic E-state index is 8.79. The van der Waals surface area contributed by atoms with E-state index in [1.165, 1.54) is 0 Å². The van der Waals surface area contributed by atoms with Gasteiger partial charge in [0.05, 0.1) is 6.55 Å². The minimum absolute atomic E-state index is 0.978. The minimum Gasteiger partial charge on any atom is -0.338 e. The van der Waals surface area contributed by atoms with Crippen LogP contribution in [-0.4, -0.2) is 10.2 Å². The topological polar surface area (TPSA) is 20.2 Å². The smallest absolute Gasteiger partial charge is 0.0733 e. The van der Waals surface area contributed by atoms with Crippen LogP contribution in [0, 0.1) is 0 Å². The third-order valence-electron chi connectivity index (χ3n) is 0.938. The Balaban J connectivity index is 3.81. The van der Waals surface area contributed by atoms with Gasteiger partial charge in [-0.1, -0.05) is 13.3 Å². The standard InChI is InChI=1S/C5H11OPS/c1-3-4-5(2)7(6)8/h3-4H2,1-2H3,(H,6,8). The molecule has 0 aliphatic carbocycles. The molecule has 0 radical (unpaired) electrons. The molecule has 0 aliphatic rings. The Morgan fingerprint density at radius 3 is 2.38 bits per heavy atom. The van der Waals surface area contributed by atoms with Crippen LogP contribution >= 0.6 is 6.55 Å². The van der Waals surface area contributed by atoms with Gasteiger partial charge in [-0.2, -0.15) is 0 Å². The molecule has 1 atom stereocenters. The summed E-state index contributed by atoms with van der Waals surface area (Å²) in [5, 5.41) is 1.07. The summed E-state index contributed by atoms with van der Waals surface area (Å²) in [5.74, 6) is 0. The van der Waals surface area contributed by atoms with Crippen molar-refractivity contribution in [3.05, 3.63) is 0 Å². The zero-order valence-corrected chi connectivity index (χ0v) is 6.93. The van der Waals surface area contributed by atoms with Crippen molar-refractivity contribution in [3.8, 4) is 0 Å². The average molecular weight is 150 g/mol. The molecule has 0 saturated carbocycles. The molecule has 48 valence electrons. The summed E-state index contributed by atoms with van der Waals surface area (Å²) in [6.07, 6.45) is 2.06. The lowest BCUT2D eigenvalue weighted by Crippen LogP contribution is -1.83. The maximum Gasteiger partial charge on any atom is 0.0733 e. The second-order valence-corrected chi connectivity index (χ2v) is 4.11. The normalized spacial score (nSPS) is 13.4. The molecule has 0 aliphatic heterocycles. The van der Waals surface area contributed by atoms with Crippen LogP contribution < -0.4 is 0 Å². The SMILES string of the molecule is CCCC(C)=P(O)=S. The van der Waals surface area contributed by atoms with Gasteiger partial charge in [-0.05, 0) is 30.4 Å². The van der Waals surface area contributed by atoms with Crippen LogP contribution in [-0.2, 0) is 11.8 Å². The van der Waals surface area contributed by atoms with Crippen LogP contribution in [0.5, 0.6) is 0 Å². The molecule has 8 heavy (non-hydrogen) atoms. The van der Waals surface area contributed by atoms with E-state index in [1.807, 2.05) is 6.92 Å². The zero-order chi connectivity index (χ0) is 6.57.